The van der Waals surface area contributed by atoms with Crippen LogP contribution in [0.4, 0.5) is 0 Å². The zero-order chi connectivity index (χ0) is 12.3. The van der Waals surface area contributed by atoms with E-state index in [9.17, 15) is 0 Å². The molecule has 17 heavy (non-hydrogen) atoms. The Morgan fingerprint density at radius 3 is 2.71 bits per heavy atom. The number of aromatic nitrogens is 1. The van der Waals surface area contributed by atoms with Crippen molar-refractivity contribution in [2.45, 2.75) is 25.0 Å². The van der Waals surface area contributed by atoms with E-state index in [0.717, 1.165) is 11.4 Å². The van der Waals surface area contributed by atoms with E-state index in [1.54, 1.807) is 20.4 Å². The maximum Gasteiger partial charge on any atom is 0.142 e. The lowest BCUT2D eigenvalue weighted by Crippen LogP contribution is -2.33. The summed E-state index contributed by atoms with van der Waals surface area (Å²) < 4.78 is 11.0. The van der Waals surface area contributed by atoms with E-state index in [0.29, 0.717) is 5.92 Å². The second-order valence-electron chi connectivity index (χ2n) is 4.39. The summed E-state index contributed by atoms with van der Waals surface area (Å²) in [4.78, 5) is 4.43. The second kappa shape index (κ2) is 5.47. The highest BCUT2D eigenvalue weighted by Gasteiger charge is 2.38. The molecule has 0 bridgehead atoms. The van der Waals surface area contributed by atoms with Crippen LogP contribution in [0.5, 0.6) is 5.75 Å². The molecule has 0 aromatic carbocycles. The Balaban J connectivity index is 2.26. The number of nitrogens with one attached hydrogen (secondary N) is 1. The topological polar surface area (TPSA) is 43.4 Å². The molecule has 1 aliphatic carbocycles. The number of likely N-dealkylation sites (N-methyl/N-ethyl adjacent to an activating group) is 1. The van der Waals surface area contributed by atoms with E-state index in [1.807, 2.05) is 19.2 Å². The lowest BCUT2D eigenvalue weighted by molar-refractivity contribution is 0.0510. The van der Waals surface area contributed by atoms with Crippen LogP contribution in [-0.4, -0.2) is 32.4 Å². The predicted molar refractivity (Wildman–Crippen MR) is 66.1 cm³/mol. The largest absolute Gasteiger partial charge is 0.495 e. The molecule has 1 aromatic rings. The Labute approximate surface area is 102 Å². The lowest BCUT2D eigenvalue weighted by atomic mass is 10.0. The van der Waals surface area contributed by atoms with Crippen molar-refractivity contribution >= 4 is 0 Å². The molecule has 0 radical (unpaired) electrons. The van der Waals surface area contributed by atoms with Gasteiger partial charge < -0.3 is 14.8 Å². The molecule has 94 valence electrons. The lowest BCUT2D eigenvalue weighted by Gasteiger charge is -2.26. The first-order chi connectivity index (χ1) is 8.31. The molecule has 1 aliphatic rings. The maximum atomic E-state index is 5.62. The highest BCUT2D eigenvalue weighted by Crippen LogP contribution is 2.40. The molecule has 1 heterocycles. The molecular weight excluding hydrogens is 216 g/mol. The average Bonchev–Trinajstić information content (AvgIpc) is 3.20. The zero-order valence-electron chi connectivity index (χ0n) is 10.6. The molecule has 1 saturated carbocycles. The molecule has 0 saturated heterocycles. The van der Waals surface area contributed by atoms with E-state index in [4.69, 9.17) is 9.47 Å². The summed E-state index contributed by atoms with van der Waals surface area (Å²) in [5, 5.41) is 3.30. The van der Waals surface area contributed by atoms with Crippen LogP contribution >= 0.6 is 0 Å². The number of methoxy groups -OCH3 is 2. The van der Waals surface area contributed by atoms with Gasteiger partial charge in [0.2, 0.25) is 0 Å². The molecule has 1 fully saturated rings. The third-order valence-electron chi connectivity index (χ3n) is 3.31. The molecular formula is C13H20N2O2. The Hall–Kier alpha value is -1.13. The summed E-state index contributed by atoms with van der Waals surface area (Å²) in [5.74, 6) is 1.46. The first-order valence-corrected chi connectivity index (χ1v) is 6.00. The van der Waals surface area contributed by atoms with Crippen LogP contribution in [0.2, 0.25) is 0 Å². The van der Waals surface area contributed by atoms with Gasteiger partial charge in [-0.25, -0.2) is 0 Å². The van der Waals surface area contributed by atoms with E-state index in [1.165, 1.54) is 12.8 Å². The summed E-state index contributed by atoms with van der Waals surface area (Å²) in [6.07, 6.45) is 4.45. The van der Waals surface area contributed by atoms with Crippen molar-refractivity contribution in [2.24, 2.45) is 5.92 Å². The van der Waals surface area contributed by atoms with Crippen molar-refractivity contribution in [2.75, 3.05) is 21.3 Å². The number of hydrogen-bond donors (Lipinski definition) is 1. The number of hydrogen-bond acceptors (Lipinski definition) is 4. The first kappa shape index (κ1) is 12.3. The molecule has 1 aromatic heterocycles. The minimum absolute atomic E-state index is 0.0867. The van der Waals surface area contributed by atoms with Crippen molar-refractivity contribution in [3.63, 3.8) is 0 Å². The van der Waals surface area contributed by atoms with Crippen LogP contribution in [-0.2, 0) is 4.74 Å². The van der Waals surface area contributed by atoms with Crippen molar-refractivity contribution in [1.29, 1.82) is 0 Å². The summed E-state index contributed by atoms with van der Waals surface area (Å²) in [5.41, 5.74) is 0.927. The van der Waals surface area contributed by atoms with E-state index < -0.39 is 0 Å². The van der Waals surface area contributed by atoms with Gasteiger partial charge in [0, 0.05) is 13.3 Å². The molecule has 0 amide bonds. The summed E-state index contributed by atoms with van der Waals surface area (Å²) in [6, 6.07) is 3.91. The maximum absolute atomic E-state index is 5.62. The van der Waals surface area contributed by atoms with Crippen LogP contribution in [0.25, 0.3) is 0 Å². The Morgan fingerprint density at radius 2 is 2.18 bits per heavy atom. The van der Waals surface area contributed by atoms with Crippen molar-refractivity contribution in [3.8, 4) is 5.75 Å². The molecule has 0 aliphatic heterocycles. The van der Waals surface area contributed by atoms with E-state index >= 15 is 0 Å². The highest BCUT2D eigenvalue weighted by molar-refractivity contribution is 5.30. The van der Waals surface area contributed by atoms with Gasteiger partial charge in [0.25, 0.3) is 0 Å². The van der Waals surface area contributed by atoms with Crippen LogP contribution in [0.1, 0.15) is 24.6 Å². The summed E-state index contributed by atoms with van der Waals surface area (Å²) in [6.45, 7) is 0. The monoisotopic (exact) mass is 236 g/mol. The summed E-state index contributed by atoms with van der Waals surface area (Å²) in [7, 11) is 5.38. The zero-order valence-corrected chi connectivity index (χ0v) is 10.6. The number of rotatable bonds is 6. The normalized spacial score (nSPS) is 18.8. The van der Waals surface area contributed by atoms with Gasteiger partial charge >= 0.3 is 0 Å². The summed E-state index contributed by atoms with van der Waals surface area (Å²) >= 11 is 0. The Bertz CT molecular complexity index is 366. The number of nitrogens with zero attached hydrogens (tertiary/aromatic N) is 1. The van der Waals surface area contributed by atoms with E-state index in [2.05, 4.69) is 10.3 Å². The fourth-order valence-electron chi connectivity index (χ4n) is 2.29. The molecule has 1 N–H and O–H groups in total. The number of pyridine rings is 1. The van der Waals surface area contributed by atoms with Crippen molar-refractivity contribution in [3.05, 3.63) is 24.0 Å². The molecule has 4 nitrogen and oxygen atoms in total. The minimum Gasteiger partial charge on any atom is -0.495 e. The van der Waals surface area contributed by atoms with Gasteiger partial charge in [-0.3, -0.25) is 4.98 Å². The molecule has 2 atom stereocenters. The van der Waals surface area contributed by atoms with Gasteiger partial charge in [-0.05, 0) is 37.9 Å². The Morgan fingerprint density at radius 1 is 1.41 bits per heavy atom. The SMILES string of the molecule is CNC(c1ncccc1OC)C(OC)C1CC1. The van der Waals surface area contributed by atoms with Gasteiger partial charge in [-0.1, -0.05) is 0 Å². The highest BCUT2D eigenvalue weighted by atomic mass is 16.5. The molecule has 4 heteroatoms. The van der Waals surface area contributed by atoms with Crippen LogP contribution in [0, 0.1) is 5.92 Å². The Kier molecular flexibility index (Phi) is 3.97. The third-order valence-corrected chi connectivity index (χ3v) is 3.31. The molecule has 2 rings (SSSR count). The smallest absolute Gasteiger partial charge is 0.142 e. The minimum atomic E-state index is 0.0867. The van der Waals surface area contributed by atoms with Crippen LogP contribution < -0.4 is 10.1 Å². The molecule has 0 spiro atoms. The standard InChI is InChI=1S/C13H20N2O2/c1-14-12(13(17-3)9-6-7-9)11-10(16-2)5-4-8-15-11/h4-5,8-9,12-14H,6-7H2,1-3H3. The first-order valence-electron chi connectivity index (χ1n) is 6.00. The fraction of sp³-hybridized carbons (Fsp3) is 0.615. The second-order valence-corrected chi connectivity index (χ2v) is 4.39. The van der Waals surface area contributed by atoms with Crippen LogP contribution in [0.15, 0.2) is 18.3 Å². The van der Waals surface area contributed by atoms with Crippen molar-refractivity contribution in [1.82, 2.24) is 10.3 Å². The van der Waals surface area contributed by atoms with Gasteiger partial charge in [0.15, 0.2) is 0 Å². The van der Waals surface area contributed by atoms with Crippen LogP contribution in [0.3, 0.4) is 0 Å². The molecule has 2 unspecified atom stereocenters. The fourth-order valence-corrected chi connectivity index (χ4v) is 2.29. The average molecular weight is 236 g/mol. The predicted octanol–water partition coefficient (Wildman–Crippen LogP) is 1.78. The van der Waals surface area contributed by atoms with E-state index in [-0.39, 0.29) is 12.1 Å². The van der Waals surface area contributed by atoms with Gasteiger partial charge in [0.1, 0.15) is 11.4 Å². The van der Waals surface area contributed by atoms with Gasteiger partial charge in [-0.2, -0.15) is 0 Å². The quantitative estimate of drug-likeness (QED) is 0.817. The van der Waals surface area contributed by atoms with Crippen molar-refractivity contribution < 1.29 is 9.47 Å². The number of ether oxygens (including phenoxy) is 2. The third kappa shape index (κ3) is 2.58. The van der Waals surface area contributed by atoms with Gasteiger partial charge in [0.05, 0.1) is 19.3 Å². The van der Waals surface area contributed by atoms with Gasteiger partial charge in [-0.15, -0.1) is 0 Å².